The number of anilines is 1. The van der Waals surface area contributed by atoms with Crippen LogP contribution in [0.3, 0.4) is 0 Å². The number of pyridine rings is 1. The number of carbonyl (C=O) groups is 1. The second-order valence-corrected chi connectivity index (χ2v) is 4.73. The lowest BCUT2D eigenvalue weighted by Gasteiger charge is -2.16. The first-order valence-corrected chi connectivity index (χ1v) is 6.26. The monoisotopic (exact) mass is 254 g/mol. The predicted molar refractivity (Wildman–Crippen MR) is 73.6 cm³/mol. The summed E-state index contributed by atoms with van der Waals surface area (Å²) in [5.74, 6) is -0.230. The molecule has 1 amide bonds. The number of benzene rings is 1. The molecule has 0 radical (unpaired) electrons. The van der Waals surface area contributed by atoms with Gasteiger partial charge in [0.2, 0.25) is 0 Å². The molecule has 3 rings (SSSR count). The lowest BCUT2D eigenvalue weighted by atomic mass is 10.1. The molecule has 0 unspecified atom stereocenters. The minimum Gasteiger partial charge on any atom is -0.364 e. The quantitative estimate of drug-likeness (QED) is 0.844. The number of H-pyrrole nitrogens is 1. The van der Waals surface area contributed by atoms with Crippen LogP contribution in [-0.2, 0) is 6.42 Å². The molecule has 0 bridgehead atoms. The molecular formula is C15H14N2O2. The minimum absolute atomic E-state index is 0.197. The van der Waals surface area contributed by atoms with E-state index in [1.807, 2.05) is 24.3 Å². The van der Waals surface area contributed by atoms with E-state index >= 15 is 0 Å². The average Bonchev–Trinajstić information content (AvgIpc) is 2.82. The first-order chi connectivity index (χ1) is 9.16. The summed E-state index contributed by atoms with van der Waals surface area (Å²) in [6.45, 7) is 2.42. The molecule has 4 nitrogen and oxygen atoms in total. The van der Waals surface area contributed by atoms with E-state index in [9.17, 15) is 9.59 Å². The van der Waals surface area contributed by atoms with Crippen LogP contribution in [0.2, 0.25) is 0 Å². The number of carbonyl (C=O) groups excluding carboxylic acids is 1. The van der Waals surface area contributed by atoms with Gasteiger partial charge in [0.15, 0.2) is 5.43 Å². The van der Waals surface area contributed by atoms with Crippen LogP contribution in [0.4, 0.5) is 5.69 Å². The molecule has 0 saturated carbocycles. The SMILES string of the molecule is Cc1cc(=O)c(C(=O)N2CCc3ccccc32)c[nH]1. The van der Waals surface area contributed by atoms with Gasteiger partial charge >= 0.3 is 0 Å². The number of nitrogens with one attached hydrogen (secondary N) is 1. The number of aromatic amines is 1. The maximum absolute atomic E-state index is 12.4. The van der Waals surface area contributed by atoms with Gasteiger partial charge in [0.1, 0.15) is 5.56 Å². The molecule has 2 aromatic rings. The van der Waals surface area contributed by atoms with Crippen LogP contribution < -0.4 is 10.3 Å². The standard InChI is InChI=1S/C15H14N2O2/c1-10-8-14(18)12(9-16-10)15(19)17-7-6-11-4-2-3-5-13(11)17/h2-5,8-9H,6-7H2,1H3,(H,16,18). The van der Waals surface area contributed by atoms with Crippen molar-refractivity contribution in [1.82, 2.24) is 4.98 Å². The van der Waals surface area contributed by atoms with Crippen molar-refractivity contribution in [1.29, 1.82) is 0 Å². The Labute approximate surface area is 110 Å². The summed E-state index contributed by atoms with van der Waals surface area (Å²) in [7, 11) is 0. The summed E-state index contributed by atoms with van der Waals surface area (Å²) in [4.78, 5) is 28.9. The first kappa shape index (κ1) is 11.7. The van der Waals surface area contributed by atoms with Crippen molar-refractivity contribution in [2.75, 3.05) is 11.4 Å². The number of rotatable bonds is 1. The third-order valence-corrected chi connectivity index (χ3v) is 3.42. The zero-order chi connectivity index (χ0) is 13.4. The number of para-hydroxylation sites is 1. The summed E-state index contributed by atoms with van der Waals surface area (Å²) in [5.41, 5.74) is 2.78. The van der Waals surface area contributed by atoms with Crippen LogP contribution in [0.15, 0.2) is 41.3 Å². The largest absolute Gasteiger partial charge is 0.364 e. The highest BCUT2D eigenvalue weighted by Gasteiger charge is 2.26. The highest BCUT2D eigenvalue weighted by atomic mass is 16.2. The Kier molecular flexibility index (Phi) is 2.71. The number of hydrogen-bond donors (Lipinski definition) is 1. The van der Waals surface area contributed by atoms with E-state index in [0.717, 1.165) is 23.4 Å². The van der Waals surface area contributed by atoms with Gasteiger partial charge in [-0.25, -0.2) is 0 Å². The van der Waals surface area contributed by atoms with Gasteiger partial charge in [0, 0.05) is 30.2 Å². The van der Waals surface area contributed by atoms with Crippen LogP contribution in [-0.4, -0.2) is 17.4 Å². The Bertz CT molecular complexity index is 703. The summed E-state index contributed by atoms with van der Waals surface area (Å²) < 4.78 is 0. The molecule has 0 atom stereocenters. The first-order valence-electron chi connectivity index (χ1n) is 6.26. The lowest BCUT2D eigenvalue weighted by molar-refractivity contribution is 0.0988. The van der Waals surface area contributed by atoms with Crippen molar-refractivity contribution < 1.29 is 4.79 Å². The zero-order valence-electron chi connectivity index (χ0n) is 10.6. The van der Waals surface area contributed by atoms with E-state index in [4.69, 9.17) is 0 Å². The second-order valence-electron chi connectivity index (χ2n) is 4.73. The predicted octanol–water partition coefficient (Wildman–Crippen LogP) is 1.89. The molecule has 4 heteroatoms. The van der Waals surface area contributed by atoms with Gasteiger partial charge in [-0.05, 0) is 25.0 Å². The smallest absolute Gasteiger partial charge is 0.263 e. The van der Waals surface area contributed by atoms with Crippen LogP contribution in [0, 0.1) is 6.92 Å². The van der Waals surface area contributed by atoms with Gasteiger partial charge in [-0.1, -0.05) is 18.2 Å². The molecule has 1 aliphatic rings. The van der Waals surface area contributed by atoms with Gasteiger partial charge in [0.05, 0.1) is 0 Å². The average molecular weight is 254 g/mol. The Hall–Kier alpha value is -2.36. The zero-order valence-corrected chi connectivity index (χ0v) is 10.6. The fourth-order valence-electron chi connectivity index (χ4n) is 2.43. The Morgan fingerprint density at radius 3 is 2.89 bits per heavy atom. The minimum atomic E-state index is -0.231. The molecule has 1 aliphatic heterocycles. The number of aryl methyl sites for hydroxylation is 1. The number of aromatic nitrogens is 1. The molecule has 1 N–H and O–H groups in total. The summed E-state index contributed by atoms with van der Waals surface area (Å²) in [6, 6.07) is 9.26. The number of hydrogen-bond acceptors (Lipinski definition) is 2. The van der Waals surface area contributed by atoms with E-state index in [1.54, 1.807) is 11.8 Å². The van der Waals surface area contributed by atoms with Crippen molar-refractivity contribution in [2.24, 2.45) is 0 Å². The maximum Gasteiger partial charge on any atom is 0.263 e. The van der Waals surface area contributed by atoms with E-state index in [2.05, 4.69) is 4.98 Å². The molecule has 0 aliphatic carbocycles. The summed E-state index contributed by atoms with van der Waals surface area (Å²) >= 11 is 0. The summed E-state index contributed by atoms with van der Waals surface area (Å²) in [5, 5.41) is 0. The fourth-order valence-corrected chi connectivity index (χ4v) is 2.43. The molecule has 19 heavy (non-hydrogen) atoms. The van der Waals surface area contributed by atoms with Crippen LogP contribution in [0.25, 0.3) is 0 Å². The van der Waals surface area contributed by atoms with Gasteiger partial charge in [-0.15, -0.1) is 0 Å². The van der Waals surface area contributed by atoms with Crippen molar-refractivity contribution in [3.05, 3.63) is 63.6 Å². The molecule has 96 valence electrons. The molecule has 1 aromatic heterocycles. The van der Waals surface area contributed by atoms with E-state index < -0.39 is 0 Å². The maximum atomic E-state index is 12.4. The van der Waals surface area contributed by atoms with Crippen LogP contribution in [0.5, 0.6) is 0 Å². The normalized spacial score (nSPS) is 13.4. The molecule has 0 spiro atoms. The third-order valence-electron chi connectivity index (χ3n) is 3.42. The van der Waals surface area contributed by atoms with Gasteiger partial charge in [-0.2, -0.15) is 0 Å². The Morgan fingerprint density at radius 1 is 1.32 bits per heavy atom. The van der Waals surface area contributed by atoms with Gasteiger partial charge in [0.25, 0.3) is 5.91 Å². The lowest BCUT2D eigenvalue weighted by Crippen LogP contribution is -2.32. The van der Waals surface area contributed by atoms with E-state index in [1.165, 1.54) is 12.3 Å². The molecular weight excluding hydrogens is 240 g/mol. The van der Waals surface area contributed by atoms with E-state index in [0.29, 0.717) is 6.54 Å². The van der Waals surface area contributed by atoms with E-state index in [-0.39, 0.29) is 16.9 Å². The van der Waals surface area contributed by atoms with Crippen molar-refractivity contribution in [3.63, 3.8) is 0 Å². The fraction of sp³-hybridized carbons (Fsp3) is 0.200. The summed E-state index contributed by atoms with van der Waals surface area (Å²) in [6.07, 6.45) is 2.34. The molecule has 1 aromatic carbocycles. The highest BCUT2D eigenvalue weighted by molar-refractivity contribution is 6.07. The Balaban J connectivity index is 2.00. The third kappa shape index (κ3) is 1.95. The van der Waals surface area contributed by atoms with Crippen molar-refractivity contribution >= 4 is 11.6 Å². The Morgan fingerprint density at radius 2 is 2.11 bits per heavy atom. The molecule has 0 saturated heterocycles. The number of amides is 1. The number of nitrogens with zero attached hydrogens (tertiary/aromatic N) is 1. The van der Waals surface area contributed by atoms with Crippen molar-refractivity contribution in [3.8, 4) is 0 Å². The van der Waals surface area contributed by atoms with Crippen molar-refractivity contribution in [2.45, 2.75) is 13.3 Å². The van der Waals surface area contributed by atoms with Crippen LogP contribution >= 0.6 is 0 Å². The molecule has 2 heterocycles. The van der Waals surface area contributed by atoms with Crippen LogP contribution in [0.1, 0.15) is 21.6 Å². The van der Waals surface area contributed by atoms with Gasteiger partial charge < -0.3 is 9.88 Å². The highest BCUT2D eigenvalue weighted by Crippen LogP contribution is 2.28. The second kappa shape index (κ2) is 4.39. The number of fused-ring (bicyclic) bond motifs is 1. The van der Waals surface area contributed by atoms with Gasteiger partial charge in [-0.3, -0.25) is 9.59 Å². The topological polar surface area (TPSA) is 53.2 Å². The molecule has 0 fully saturated rings.